The van der Waals surface area contributed by atoms with Crippen molar-refractivity contribution in [3.8, 4) is 0 Å². The molecule has 1 aliphatic heterocycles. The van der Waals surface area contributed by atoms with Crippen molar-refractivity contribution in [2.24, 2.45) is 0 Å². The molecule has 1 fully saturated rings. The van der Waals surface area contributed by atoms with Crippen LogP contribution < -0.4 is 11.2 Å². The number of carbonyl (C=O) groups excluding carboxylic acids is 1. The number of hydrazine groups is 1. The summed E-state index contributed by atoms with van der Waals surface area (Å²) in [6.07, 6.45) is 5.35. The quantitative estimate of drug-likeness (QED) is 0.867. The van der Waals surface area contributed by atoms with Gasteiger partial charge in [0.2, 0.25) is 0 Å². The smallest absolute Gasteiger partial charge is 0.265 e. The van der Waals surface area contributed by atoms with Crippen molar-refractivity contribution in [2.75, 3.05) is 18.8 Å². The summed E-state index contributed by atoms with van der Waals surface area (Å²) in [5.41, 5.74) is 10.2. The Bertz CT molecular complexity index is 441. The van der Waals surface area contributed by atoms with Crippen molar-refractivity contribution in [2.45, 2.75) is 39.0 Å². The monoisotopic (exact) mass is 262 g/mol. The van der Waals surface area contributed by atoms with E-state index in [1.807, 2.05) is 11.1 Å². The first-order valence-corrected chi connectivity index (χ1v) is 7.01. The van der Waals surface area contributed by atoms with Gasteiger partial charge < -0.3 is 5.73 Å². The van der Waals surface area contributed by atoms with Crippen molar-refractivity contribution in [3.63, 3.8) is 0 Å². The standard InChI is InChI=1S/C14H22N4O/c1-2-6-12-9-11(10-13(15)16-12)14(19)17-18-7-4-3-5-8-18/h9-10H,2-8H2,1H3,(H2,15,16)(H,17,19). The first-order valence-electron chi connectivity index (χ1n) is 7.01. The van der Waals surface area contributed by atoms with E-state index in [4.69, 9.17) is 5.73 Å². The number of rotatable bonds is 4. The lowest BCUT2D eigenvalue weighted by atomic mass is 10.1. The fourth-order valence-electron chi connectivity index (χ4n) is 2.34. The second kappa shape index (κ2) is 6.52. The molecule has 0 bridgehead atoms. The van der Waals surface area contributed by atoms with Crippen molar-refractivity contribution in [1.29, 1.82) is 0 Å². The normalized spacial score (nSPS) is 16.3. The fraction of sp³-hybridized carbons (Fsp3) is 0.571. The number of anilines is 1. The maximum absolute atomic E-state index is 12.2. The van der Waals surface area contributed by atoms with Gasteiger partial charge in [0.25, 0.3) is 5.91 Å². The topological polar surface area (TPSA) is 71.2 Å². The lowest BCUT2D eigenvalue weighted by molar-refractivity contribution is 0.0750. The van der Waals surface area contributed by atoms with Crippen molar-refractivity contribution in [1.82, 2.24) is 15.4 Å². The highest BCUT2D eigenvalue weighted by Crippen LogP contribution is 2.11. The SMILES string of the molecule is CCCc1cc(C(=O)NN2CCCCC2)cc(N)n1. The maximum Gasteiger partial charge on any atom is 0.265 e. The molecule has 104 valence electrons. The Balaban J connectivity index is 2.05. The minimum atomic E-state index is -0.0895. The van der Waals surface area contributed by atoms with Gasteiger partial charge >= 0.3 is 0 Å². The first kappa shape index (κ1) is 13.8. The highest BCUT2D eigenvalue weighted by molar-refractivity contribution is 5.94. The van der Waals surface area contributed by atoms with Gasteiger partial charge in [-0.2, -0.15) is 0 Å². The Hall–Kier alpha value is -1.62. The van der Waals surface area contributed by atoms with E-state index in [9.17, 15) is 4.79 Å². The Morgan fingerprint density at radius 3 is 2.79 bits per heavy atom. The molecule has 0 unspecified atom stereocenters. The lowest BCUT2D eigenvalue weighted by Gasteiger charge is -2.26. The third kappa shape index (κ3) is 3.92. The highest BCUT2D eigenvalue weighted by Gasteiger charge is 2.15. The molecule has 1 aliphatic rings. The van der Waals surface area contributed by atoms with Crippen LogP contribution in [0.4, 0.5) is 5.82 Å². The van der Waals surface area contributed by atoms with Crippen molar-refractivity contribution in [3.05, 3.63) is 23.4 Å². The number of pyridine rings is 1. The summed E-state index contributed by atoms with van der Waals surface area (Å²) in [6.45, 7) is 3.93. The van der Waals surface area contributed by atoms with Crippen molar-refractivity contribution >= 4 is 11.7 Å². The molecule has 1 aromatic rings. The van der Waals surface area contributed by atoms with Crippen LogP contribution in [-0.4, -0.2) is 29.0 Å². The zero-order chi connectivity index (χ0) is 13.7. The number of aryl methyl sites for hydroxylation is 1. The minimum absolute atomic E-state index is 0.0895. The van der Waals surface area contributed by atoms with Crippen LogP contribution in [0.15, 0.2) is 12.1 Å². The molecule has 1 saturated heterocycles. The molecule has 2 heterocycles. The van der Waals surface area contributed by atoms with Gasteiger partial charge in [-0.1, -0.05) is 19.8 Å². The number of hydrogen-bond acceptors (Lipinski definition) is 4. The van der Waals surface area contributed by atoms with Gasteiger partial charge in [-0.05, 0) is 31.4 Å². The van der Waals surface area contributed by atoms with E-state index in [0.29, 0.717) is 11.4 Å². The summed E-state index contributed by atoms with van der Waals surface area (Å²) in [5.74, 6) is 0.322. The van der Waals surface area contributed by atoms with Crippen LogP contribution in [0.5, 0.6) is 0 Å². The Kier molecular flexibility index (Phi) is 4.74. The molecule has 5 heteroatoms. The molecule has 19 heavy (non-hydrogen) atoms. The van der Waals surface area contributed by atoms with E-state index in [-0.39, 0.29) is 5.91 Å². The van der Waals surface area contributed by atoms with Crippen LogP contribution >= 0.6 is 0 Å². The van der Waals surface area contributed by atoms with Gasteiger partial charge in [-0.25, -0.2) is 9.99 Å². The Morgan fingerprint density at radius 1 is 1.37 bits per heavy atom. The Labute approximate surface area is 114 Å². The summed E-state index contributed by atoms with van der Waals surface area (Å²) in [4.78, 5) is 16.4. The molecule has 1 amide bonds. The molecule has 5 nitrogen and oxygen atoms in total. The molecule has 0 aliphatic carbocycles. The number of nitrogen functional groups attached to an aromatic ring is 1. The van der Waals surface area contributed by atoms with Gasteiger partial charge in [0, 0.05) is 24.3 Å². The van der Waals surface area contributed by atoms with Gasteiger partial charge in [-0.3, -0.25) is 10.2 Å². The second-order valence-electron chi connectivity index (χ2n) is 5.01. The average Bonchev–Trinajstić information content (AvgIpc) is 2.39. The second-order valence-corrected chi connectivity index (χ2v) is 5.01. The molecule has 0 aromatic carbocycles. The predicted octanol–water partition coefficient (Wildman–Crippen LogP) is 1.75. The van der Waals surface area contributed by atoms with Crippen LogP contribution in [0.2, 0.25) is 0 Å². The van der Waals surface area contributed by atoms with Crippen LogP contribution in [0, 0.1) is 0 Å². The van der Waals surface area contributed by atoms with Crippen LogP contribution in [0.25, 0.3) is 0 Å². The molecule has 2 rings (SSSR count). The van der Waals surface area contributed by atoms with E-state index in [2.05, 4.69) is 17.3 Å². The summed E-state index contributed by atoms with van der Waals surface area (Å²) in [6, 6.07) is 3.47. The van der Waals surface area contributed by atoms with E-state index in [1.54, 1.807) is 6.07 Å². The van der Waals surface area contributed by atoms with Crippen LogP contribution in [0.1, 0.15) is 48.7 Å². The van der Waals surface area contributed by atoms with Crippen LogP contribution in [-0.2, 0) is 6.42 Å². The number of nitrogens with zero attached hydrogens (tertiary/aromatic N) is 2. The van der Waals surface area contributed by atoms with Gasteiger partial charge in [0.15, 0.2) is 0 Å². The van der Waals surface area contributed by atoms with Gasteiger partial charge in [0.1, 0.15) is 5.82 Å². The van der Waals surface area contributed by atoms with E-state index in [0.717, 1.165) is 44.5 Å². The summed E-state index contributed by atoms with van der Waals surface area (Å²) in [7, 11) is 0. The maximum atomic E-state index is 12.2. The van der Waals surface area contributed by atoms with Gasteiger partial charge in [-0.15, -0.1) is 0 Å². The fourth-order valence-corrected chi connectivity index (χ4v) is 2.34. The molecular weight excluding hydrogens is 240 g/mol. The summed E-state index contributed by atoms with van der Waals surface area (Å²) < 4.78 is 0. The molecule has 0 atom stereocenters. The highest BCUT2D eigenvalue weighted by atomic mass is 16.2. The predicted molar refractivity (Wildman–Crippen MR) is 75.5 cm³/mol. The number of nitrogens with one attached hydrogen (secondary N) is 1. The largest absolute Gasteiger partial charge is 0.384 e. The molecule has 3 N–H and O–H groups in total. The molecule has 0 radical (unpaired) electrons. The third-order valence-electron chi connectivity index (χ3n) is 3.28. The van der Waals surface area contributed by atoms with E-state index < -0.39 is 0 Å². The zero-order valence-electron chi connectivity index (χ0n) is 11.5. The molecule has 1 aromatic heterocycles. The summed E-state index contributed by atoms with van der Waals surface area (Å²) in [5, 5.41) is 1.99. The average molecular weight is 262 g/mol. The number of piperidine rings is 1. The number of carbonyl (C=O) groups is 1. The summed E-state index contributed by atoms with van der Waals surface area (Å²) >= 11 is 0. The molecular formula is C14H22N4O. The lowest BCUT2D eigenvalue weighted by Crippen LogP contribution is -2.45. The van der Waals surface area contributed by atoms with Gasteiger partial charge in [0.05, 0.1) is 0 Å². The number of amides is 1. The minimum Gasteiger partial charge on any atom is -0.384 e. The zero-order valence-corrected chi connectivity index (χ0v) is 11.5. The van der Waals surface area contributed by atoms with E-state index >= 15 is 0 Å². The number of aromatic nitrogens is 1. The van der Waals surface area contributed by atoms with E-state index in [1.165, 1.54) is 6.42 Å². The Morgan fingerprint density at radius 2 is 2.11 bits per heavy atom. The number of nitrogens with two attached hydrogens (primary N) is 1. The molecule has 0 spiro atoms. The van der Waals surface area contributed by atoms with Crippen molar-refractivity contribution < 1.29 is 4.79 Å². The number of hydrogen-bond donors (Lipinski definition) is 2. The first-order chi connectivity index (χ1) is 9.19. The molecule has 0 saturated carbocycles. The van der Waals surface area contributed by atoms with Crippen LogP contribution in [0.3, 0.4) is 0 Å². The third-order valence-corrected chi connectivity index (χ3v) is 3.28.